The van der Waals surface area contributed by atoms with Crippen LogP contribution in [0.5, 0.6) is 0 Å². The number of likely N-dealkylation sites (tertiary alicyclic amines) is 1. The normalized spacial score (nSPS) is 32.8. The lowest BCUT2D eigenvalue weighted by atomic mass is 9.86. The molecule has 0 aromatic heterocycles. The van der Waals surface area contributed by atoms with Gasteiger partial charge in [0.25, 0.3) is 5.91 Å². The molecule has 6 nitrogen and oxygen atoms in total. The van der Waals surface area contributed by atoms with Crippen molar-refractivity contribution in [1.29, 1.82) is 0 Å². The Labute approximate surface area is 106 Å². The minimum absolute atomic E-state index is 0.0707. The molecule has 3 N–H and O–H groups in total. The first-order chi connectivity index (χ1) is 8.49. The van der Waals surface area contributed by atoms with Crippen molar-refractivity contribution in [3.63, 3.8) is 0 Å². The maximum Gasteiger partial charge on any atom is 0.252 e. The van der Waals surface area contributed by atoms with Gasteiger partial charge in [0.05, 0.1) is 6.42 Å². The third-order valence-electron chi connectivity index (χ3n) is 3.84. The summed E-state index contributed by atoms with van der Waals surface area (Å²) in [5.74, 6) is -0.751. The molecule has 1 atom stereocenters. The standard InChI is InChI=1S/C12H19N3O3/c1-15-10(16)6-9(12(15)18)14-11(17)7-2-4-8(13)5-3-7/h7-9H,2-6,13H2,1H3,(H,14,17). The monoisotopic (exact) mass is 253 g/mol. The second-order valence-electron chi connectivity index (χ2n) is 5.17. The Morgan fingerprint density at radius 3 is 2.39 bits per heavy atom. The molecule has 1 saturated carbocycles. The first kappa shape index (κ1) is 13.0. The quantitative estimate of drug-likeness (QED) is 0.641. The van der Waals surface area contributed by atoms with Gasteiger partial charge in [0.1, 0.15) is 6.04 Å². The highest BCUT2D eigenvalue weighted by Gasteiger charge is 2.38. The number of hydrogen-bond donors (Lipinski definition) is 2. The summed E-state index contributed by atoms with van der Waals surface area (Å²) < 4.78 is 0. The fourth-order valence-corrected chi connectivity index (χ4v) is 2.54. The Kier molecular flexibility index (Phi) is 3.65. The number of hydrogen-bond acceptors (Lipinski definition) is 4. The van der Waals surface area contributed by atoms with Crippen molar-refractivity contribution in [1.82, 2.24) is 10.2 Å². The molecule has 2 aliphatic rings. The van der Waals surface area contributed by atoms with Crippen LogP contribution in [0, 0.1) is 5.92 Å². The summed E-state index contributed by atoms with van der Waals surface area (Å²) in [6.07, 6.45) is 3.29. The minimum atomic E-state index is -0.675. The summed E-state index contributed by atoms with van der Waals surface area (Å²) in [5, 5.41) is 2.68. The number of carbonyl (C=O) groups excluding carboxylic acids is 3. The van der Waals surface area contributed by atoms with Crippen LogP contribution in [0.2, 0.25) is 0 Å². The van der Waals surface area contributed by atoms with Crippen LogP contribution in [0.25, 0.3) is 0 Å². The molecule has 18 heavy (non-hydrogen) atoms. The molecule has 6 heteroatoms. The molecule has 0 spiro atoms. The predicted molar refractivity (Wildman–Crippen MR) is 64.3 cm³/mol. The second-order valence-corrected chi connectivity index (χ2v) is 5.17. The van der Waals surface area contributed by atoms with Gasteiger partial charge < -0.3 is 11.1 Å². The number of nitrogens with one attached hydrogen (secondary N) is 1. The van der Waals surface area contributed by atoms with Crippen LogP contribution in [0.1, 0.15) is 32.1 Å². The van der Waals surface area contributed by atoms with Gasteiger partial charge >= 0.3 is 0 Å². The molecule has 0 bridgehead atoms. The van der Waals surface area contributed by atoms with E-state index in [2.05, 4.69) is 5.32 Å². The molecule has 2 fully saturated rings. The molecule has 0 radical (unpaired) electrons. The van der Waals surface area contributed by atoms with Gasteiger partial charge in [0.15, 0.2) is 0 Å². The molecule has 3 amide bonds. The maximum absolute atomic E-state index is 12.0. The van der Waals surface area contributed by atoms with Gasteiger partial charge in [-0.1, -0.05) is 0 Å². The van der Waals surface area contributed by atoms with E-state index in [4.69, 9.17) is 5.73 Å². The zero-order valence-electron chi connectivity index (χ0n) is 10.5. The molecular formula is C12H19N3O3. The number of carbonyl (C=O) groups is 3. The summed E-state index contributed by atoms with van der Waals surface area (Å²) in [7, 11) is 1.44. The Bertz CT molecular complexity index is 375. The first-order valence-corrected chi connectivity index (χ1v) is 6.35. The summed E-state index contributed by atoms with van der Waals surface area (Å²) in [4.78, 5) is 36.0. The molecule has 1 heterocycles. The van der Waals surface area contributed by atoms with Gasteiger partial charge in [-0.2, -0.15) is 0 Å². The Morgan fingerprint density at radius 1 is 1.28 bits per heavy atom. The van der Waals surface area contributed by atoms with E-state index in [1.807, 2.05) is 0 Å². The average Bonchev–Trinajstić information content (AvgIpc) is 2.58. The van der Waals surface area contributed by atoms with Crippen molar-refractivity contribution in [3.8, 4) is 0 Å². The largest absolute Gasteiger partial charge is 0.344 e. The summed E-state index contributed by atoms with van der Waals surface area (Å²) in [6.45, 7) is 0. The third-order valence-corrected chi connectivity index (χ3v) is 3.84. The smallest absolute Gasteiger partial charge is 0.252 e. The summed E-state index contributed by atoms with van der Waals surface area (Å²) in [6, 6.07) is -0.486. The van der Waals surface area contributed by atoms with Gasteiger partial charge in [-0.3, -0.25) is 19.3 Å². The van der Waals surface area contributed by atoms with Crippen LogP contribution in [0.3, 0.4) is 0 Å². The fourth-order valence-electron chi connectivity index (χ4n) is 2.54. The topological polar surface area (TPSA) is 92.5 Å². The fraction of sp³-hybridized carbons (Fsp3) is 0.750. The van der Waals surface area contributed by atoms with E-state index in [-0.39, 0.29) is 36.1 Å². The molecule has 0 aromatic carbocycles. The number of likely N-dealkylation sites (N-methyl/N-ethyl adjacent to an activating group) is 1. The van der Waals surface area contributed by atoms with Crippen molar-refractivity contribution in [2.75, 3.05) is 7.05 Å². The lowest BCUT2D eigenvalue weighted by molar-refractivity contribution is -0.138. The van der Waals surface area contributed by atoms with E-state index in [0.717, 1.165) is 30.6 Å². The van der Waals surface area contributed by atoms with Crippen LogP contribution in [0.15, 0.2) is 0 Å². The zero-order valence-corrected chi connectivity index (χ0v) is 10.5. The van der Waals surface area contributed by atoms with Gasteiger partial charge in [-0.15, -0.1) is 0 Å². The van der Waals surface area contributed by atoms with Crippen molar-refractivity contribution >= 4 is 17.7 Å². The predicted octanol–water partition coefficient (Wildman–Crippen LogP) is -0.623. The lowest BCUT2D eigenvalue weighted by Gasteiger charge is -2.26. The van der Waals surface area contributed by atoms with E-state index in [9.17, 15) is 14.4 Å². The van der Waals surface area contributed by atoms with E-state index in [1.54, 1.807) is 0 Å². The van der Waals surface area contributed by atoms with Gasteiger partial charge in [-0.05, 0) is 25.7 Å². The average molecular weight is 253 g/mol. The molecule has 1 aliphatic heterocycles. The van der Waals surface area contributed by atoms with Crippen LogP contribution in [0.4, 0.5) is 0 Å². The van der Waals surface area contributed by atoms with Crippen molar-refractivity contribution in [2.24, 2.45) is 11.7 Å². The number of rotatable bonds is 2. The Balaban J connectivity index is 1.88. The second kappa shape index (κ2) is 5.06. The Hall–Kier alpha value is -1.43. The molecule has 1 saturated heterocycles. The van der Waals surface area contributed by atoms with Crippen LogP contribution >= 0.6 is 0 Å². The van der Waals surface area contributed by atoms with E-state index in [0.29, 0.717) is 0 Å². The highest BCUT2D eigenvalue weighted by atomic mass is 16.2. The van der Waals surface area contributed by atoms with Crippen molar-refractivity contribution in [2.45, 2.75) is 44.2 Å². The van der Waals surface area contributed by atoms with Crippen molar-refractivity contribution < 1.29 is 14.4 Å². The Morgan fingerprint density at radius 2 is 1.89 bits per heavy atom. The number of nitrogens with two attached hydrogens (primary N) is 1. The SMILES string of the molecule is CN1C(=O)CC(NC(=O)C2CCC(N)CC2)C1=O. The highest BCUT2D eigenvalue weighted by Crippen LogP contribution is 2.23. The summed E-state index contributed by atoms with van der Waals surface area (Å²) in [5.41, 5.74) is 5.78. The summed E-state index contributed by atoms with van der Waals surface area (Å²) >= 11 is 0. The van der Waals surface area contributed by atoms with Crippen molar-refractivity contribution in [3.05, 3.63) is 0 Å². The first-order valence-electron chi connectivity index (χ1n) is 6.35. The molecule has 2 rings (SSSR count). The van der Waals surface area contributed by atoms with Gasteiger partial charge in [0, 0.05) is 19.0 Å². The number of nitrogens with zero attached hydrogens (tertiary/aromatic N) is 1. The van der Waals surface area contributed by atoms with E-state index < -0.39 is 6.04 Å². The molecule has 1 unspecified atom stereocenters. The van der Waals surface area contributed by atoms with Crippen LogP contribution < -0.4 is 11.1 Å². The number of amides is 3. The van der Waals surface area contributed by atoms with Crippen LogP contribution in [-0.4, -0.2) is 41.8 Å². The number of imide groups is 1. The lowest BCUT2D eigenvalue weighted by Crippen LogP contribution is -2.44. The molecular weight excluding hydrogens is 234 g/mol. The van der Waals surface area contributed by atoms with E-state index in [1.165, 1.54) is 7.05 Å². The van der Waals surface area contributed by atoms with Gasteiger partial charge in [0.2, 0.25) is 11.8 Å². The maximum atomic E-state index is 12.0. The molecule has 100 valence electrons. The van der Waals surface area contributed by atoms with Crippen LogP contribution in [-0.2, 0) is 14.4 Å². The van der Waals surface area contributed by atoms with Gasteiger partial charge in [-0.25, -0.2) is 0 Å². The minimum Gasteiger partial charge on any atom is -0.344 e. The molecule has 1 aliphatic carbocycles. The third kappa shape index (κ3) is 2.53. The van der Waals surface area contributed by atoms with E-state index >= 15 is 0 Å². The molecule has 0 aromatic rings. The zero-order chi connectivity index (χ0) is 13.3. The highest BCUT2D eigenvalue weighted by molar-refractivity contribution is 6.06.